The van der Waals surface area contributed by atoms with Crippen LogP contribution in [-0.4, -0.2) is 55.7 Å². The molecule has 1 aliphatic heterocycles. The summed E-state index contributed by atoms with van der Waals surface area (Å²) in [5.41, 5.74) is 0. The standard InChI is InChI=1S/C9H19NO3S/c1-9(11)3-2-4-10-5-7-14(12,13)8-6-10/h9,11H,2-8H2,1H3. The second-order valence-electron chi connectivity index (χ2n) is 3.98. The summed E-state index contributed by atoms with van der Waals surface area (Å²) in [7, 11) is -2.75. The van der Waals surface area contributed by atoms with Gasteiger partial charge in [-0.15, -0.1) is 0 Å². The third kappa shape index (κ3) is 4.39. The molecular weight excluding hydrogens is 202 g/mol. The number of hydrogen-bond acceptors (Lipinski definition) is 4. The number of sulfone groups is 1. The lowest BCUT2D eigenvalue weighted by Crippen LogP contribution is -2.40. The molecule has 0 radical (unpaired) electrons. The maximum absolute atomic E-state index is 11.1. The summed E-state index contributed by atoms with van der Waals surface area (Å²) >= 11 is 0. The Kier molecular flexibility index (Phi) is 4.34. The van der Waals surface area contributed by atoms with Crippen molar-refractivity contribution in [3.05, 3.63) is 0 Å². The predicted molar refractivity (Wildman–Crippen MR) is 56.0 cm³/mol. The smallest absolute Gasteiger partial charge is 0.152 e. The number of aliphatic hydroxyl groups is 1. The van der Waals surface area contributed by atoms with Crippen LogP contribution in [0.1, 0.15) is 19.8 Å². The molecule has 1 atom stereocenters. The van der Waals surface area contributed by atoms with E-state index in [9.17, 15) is 8.42 Å². The van der Waals surface area contributed by atoms with Gasteiger partial charge < -0.3 is 10.0 Å². The van der Waals surface area contributed by atoms with Gasteiger partial charge >= 0.3 is 0 Å². The van der Waals surface area contributed by atoms with Crippen LogP contribution >= 0.6 is 0 Å². The van der Waals surface area contributed by atoms with Crippen molar-refractivity contribution >= 4 is 9.84 Å². The molecule has 0 spiro atoms. The van der Waals surface area contributed by atoms with Crippen molar-refractivity contribution in [1.82, 2.24) is 4.90 Å². The predicted octanol–water partition coefficient (Wildman–Crippen LogP) is -0.122. The minimum atomic E-state index is -2.75. The molecule has 84 valence electrons. The van der Waals surface area contributed by atoms with Crippen LogP contribution in [0.25, 0.3) is 0 Å². The first-order chi connectivity index (χ1) is 6.49. The SMILES string of the molecule is CC(O)CCCN1CCS(=O)(=O)CC1. The minimum absolute atomic E-state index is 0.247. The molecule has 0 aromatic carbocycles. The molecule has 0 aromatic rings. The van der Waals surface area contributed by atoms with Crippen LogP contribution in [0, 0.1) is 0 Å². The van der Waals surface area contributed by atoms with Crippen LogP contribution < -0.4 is 0 Å². The van der Waals surface area contributed by atoms with Crippen molar-refractivity contribution in [1.29, 1.82) is 0 Å². The normalized spacial score (nSPS) is 24.7. The van der Waals surface area contributed by atoms with Gasteiger partial charge in [-0.3, -0.25) is 0 Å². The number of hydrogen-bond donors (Lipinski definition) is 1. The molecule has 1 rings (SSSR count). The van der Waals surface area contributed by atoms with Gasteiger partial charge in [0.25, 0.3) is 0 Å². The second kappa shape index (κ2) is 5.09. The van der Waals surface area contributed by atoms with E-state index in [-0.39, 0.29) is 6.10 Å². The lowest BCUT2D eigenvalue weighted by Gasteiger charge is -2.26. The van der Waals surface area contributed by atoms with Crippen LogP contribution in [0.3, 0.4) is 0 Å². The first-order valence-corrected chi connectivity index (χ1v) is 6.92. The van der Waals surface area contributed by atoms with Crippen molar-refractivity contribution in [3.8, 4) is 0 Å². The van der Waals surface area contributed by atoms with Crippen molar-refractivity contribution in [2.24, 2.45) is 0 Å². The maximum Gasteiger partial charge on any atom is 0.152 e. The van der Waals surface area contributed by atoms with Crippen LogP contribution in [0.4, 0.5) is 0 Å². The van der Waals surface area contributed by atoms with E-state index in [0.29, 0.717) is 24.6 Å². The largest absolute Gasteiger partial charge is 0.393 e. The molecule has 0 amide bonds. The zero-order valence-corrected chi connectivity index (χ0v) is 9.46. The zero-order valence-electron chi connectivity index (χ0n) is 8.65. The van der Waals surface area contributed by atoms with E-state index in [0.717, 1.165) is 19.4 Å². The second-order valence-corrected chi connectivity index (χ2v) is 6.29. The average molecular weight is 221 g/mol. The molecule has 4 nitrogen and oxygen atoms in total. The minimum Gasteiger partial charge on any atom is -0.393 e. The number of nitrogens with zero attached hydrogens (tertiary/aromatic N) is 1. The van der Waals surface area contributed by atoms with Crippen molar-refractivity contribution < 1.29 is 13.5 Å². The summed E-state index contributed by atoms with van der Waals surface area (Å²) in [4.78, 5) is 2.16. The van der Waals surface area contributed by atoms with Gasteiger partial charge in [0, 0.05) is 13.1 Å². The highest BCUT2D eigenvalue weighted by Gasteiger charge is 2.20. The Morgan fingerprint density at radius 1 is 1.36 bits per heavy atom. The summed E-state index contributed by atoms with van der Waals surface area (Å²) in [6.45, 7) is 3.99. The molecule has 0 saturated carbocycles. The molecule has 5 heteroatoms. The Bertz CT molecular complexity index is 247. The quantitative estimate of drug-likeness (QED) is 0.719. The fourth-order valence-electron chi connectivity index (χ4n) is 1.58. The molecular formula is C9H19NO3S. The zero-order chi connectivity index (χ0) is 10.6. The van der Waals surface area contributed by atoms with E-state index in [2.05, 4.69) is 4.90 Å². The topological polar surface area (TPSA) is 57.6 Å². The molecule has 0 aliphatic carbocycles. The molecule has 1 saturated heterocycles. The Balaban J connectivity index is 2.16. The fourth-order valence-corrected chi connectivity index (χ4v) is 2.86. The molecule has 14 heavy (non-hydrogen) atoms. The van der Waals surface area contributed by atoms with Gasteiger partial charge in [-0.2, -0.15) is 0 Å². The van der Waals surface area contributed by atoms with Crippen molar-refractivity contribution in [2.75, 3.05) is 31.1 Å². The summed E-state index contributed by atoms with van der Waals surface area (Å²) in [5.74, 6) is 0.587. The Morgan fingerprint density at radius 2 is 1.93 bits per heavy atom. The molecule has 1 unspecified atom stereocenters. The maximum atomic E-state index is 11.1. The summed E-state index contributed by atoms with van der Waals surface area (Å²) < 4.78 is 22.2. The highest BCUT2D eigenvalue weighted by atomic mass is 32.2. The van der Waals surface area contributed by atoms with Crippen LogP contribution in [-0.2, 0) is 9.84 Å². The van der Waals surface area contributed by atoms with Gasteiger partial charge in [0.1, 0.15) is 0 Å². The molecule has 0 aromatic heterocycles. The summed E-state index contributed by atoms with van der Waals surface area (Å²) in [5, 5.41) is 9.05. The van der Waals surface area contributed by atoms with Crippen LogP contribution in [0.5, 0.6) is 0 Å². The summed E-state index contributed by atoms with van der Waals surface area (Å²) in [6, 6.07) is 0. The van der Waals surface area contributed by atoms with E-state index >= 15 is 0 Å². The highest BCUT2D eigenvalue weighted by molar-refractivity contribution is 7.91. The summed E-state index contributed by atoms with van der Waals surface area (Å²) in [6.07, 6.45) is 1.49. The molecule has 1 N–H and O–H groups in total. The Morgan fingerprint density at radius 3 is 2.43 bits per heavy atom. The fraction of sp³-hybridized carbons (Fsp3) is 1.00. The van der Waals surface area contributed by atoms with E-state index in [1.807, 2.05) is 0 Å². The van der Waals surface area contributed by atoms with E-state index < -0.39 is 9.84 Å². The van der Waals surface area contributed by atoms with E-state index in [1.165, 1.54) is 0 Å². The lowest BCUT2D eigenvalue weighted by molar-refractivity contribution is 0.172. The molecule has 0 bridgehead atoms. The van der Waals surface area contributed by atoms with Crippen LogP contribution in [0.15, 0.2) is 0 Å². The van der Waals surface area contributed by atoms with E-state index in [4.69, 9.17) is 5.11 Å². The number of rotatable bonds is 4. The van der Waals surface area contributed by atoms with Gasteiger partial charge in [-0.05, 0) is 26.3 Å². The van der Waals surface area contributed by atoms with Crippen molar-refractivity contribution in [2.45, 2.75) is 25.9 Å². The third-order valence-corrected chi connectivity index (χ3v) is 4.14. The lowest BCUT2D eigenvalue weighted by atomic mass is 10.2. The Hall–Kier alpha value is -0.130. The highest BCUT2D eigenvalue weighted by Crippen LogP contribution is 2.05. The molecule has 1 aliphatic rings. The van der Waals surface area contributed by atoms with Gasteiger partial charge in [0.2, 0.25) is 0 Å². The first kappa shape index (κ1) is 11.9. The van der Waals surface area contributed by atoms with Gasteiger partial charge in [0.15, 0.2) is 9.84 Å². The molecule has 1 heterocycles. The van der Waals surface area contributed by atoms with Gasteiger partial charge in [-0.25, -0.2) is 8.42 Å². The monoisotopic (exact) mass is 221 g/mol. The first-order valence-electron chi connectivity index (χ1n) is 5.10. The van der Waals surface area contributed by atoms with Gasteiger partial charge in [0.05, 0.1) is 17.6 Å². The number of aliphatic hydroxyl groups excluding tert-OH is 1. The van der Waals surface area contributed by atoms with Crippen molar-refractivity contribution in [3.63, 3.8) is 0 Å². The van der Waals surface area contributed by atoms with Crippen LogP contribution in [0.2, 0.25) is 0 Å². The average Bonchev–Trinajstić information content (AvgIpc) is 2.07. The third-order valence-electron chi connectivity index (χ3n) is 2.53. The van der Waals surface area contributed by atoms with Gasteiger partial charge in [-0.1, -0.05) is 0 Å². The Labute approximate surface area is 85.8 Å². The van der Waals surface area contributed by atoms with E-state index in [1.54, 1.807) is 6.92 Å². The molecule has 1 fully saturated rings.